The Kier molecular flexibility index (Phi) is 5.98. The summed E-state index contributed by atoms with van der Waals surface area (Å²) < 4.78 is 2.67. The number of carbonyl (C=O) groups excluding carboxylic acids is 1. The second-order valence-electron chi connectivity index (χ2n) is 9.97. The molecule has 0 spiro atoms. The van der Waals surface area contributed by atoms with Gasteiger partial charge in [0, 0.05) is 36.3 Å². The molecule has 2 N–H and O–H groups in total. The van der Waals surface area contributed by atoms with Gasteiger partial charge in [-0.25, -0.2) is 9.50 Å². The molecule has 3 unspecified atom stereocenters. The van der Waals surface area contributed by atoms with E-state index in [1.807, 2.05) is 11.1 Å². The third-order valence-corrected chi connectivity index (χ3v) is 6.85. The third-order valence-electron chi connectivity index (χ3n) is 6.44. The van der Waals surface area contributed by atoms with Crippen molar-refractivity contribution >= 4 is 34.6 Å². The fourth-order valence-electron chi connectivity index (χ4n) is 4.74. The number of carbonyl (C=O) groups is 1. The molecule has 2 aromatic rings. The molecule has 7 nitrogen and oxygen atoms in total. The van der Waals surface area contributed by atoms with Gasteiger partial charge in [0.05, 0.1) is 16.7 Å². The van der Waals surface area contributed by atoms with E-state index in [9.17, 15) is 14.8 Å². The molecule has 1 saturated heterocycles. The Labute approximate surface area is 186 Å². The lowest BCUT2D eigenvalue weighted by atomic mass is 9.81. The molecule has 1 saturated carbocycles. The lowest BCUT2D eigenvalue weighted by Crippen LogP contribution is -2.26. The van der Waals surface area contributed by atoms with Crippen molar-refractivity contribution in [3.8, 4) is 0 Å². The molecule has 30 heavy (non-hydrogen) atoms. The topological polar surface area (TPSA) is 91.0 Å². The van der Waals surface area contributed by atoms with Crippen molar-refractivity contribution < 1.29 is 14.8 Å². The van der Waals surface area contributed by atoms with Gasteiger partial charge in [-0.1, -0.05) is 33.6 Å². The number of aromatic nitrogens is 3. The van der Waals surface area contributed by atoms with Crippen LogP contribution >= 0.6 is 15.9 Å². The second-order valence-corrected chi connectivity index (χ2v) is 10.9. The van der Waals surface area contributed by atoms with Crippen molar-refractivity contribution in [1.29, 1.82) is 0 Å². The van der Waals surface area contributed by atoms with Crippen LogP contribution in [0.15, 0.2) is 16.9 Å². The lowest BCUT2D eigenvalue weighted by molar-refractivity contribution is -0.128. The predicted octanol–water partition coefficient (Wildman–Crippen LogP) is 3.17. The molecule has 1 aliphatic carbocycles. The zero-order valence-corrected chi connectivity index (χ0v) is 19.5. The fraction of sp³-hybridized carbons (Fsp3) is 0.667. The van der Waals surface area contributed by atoms with Crippen molar-refractivity contribution in [3.05, 3.63) is 28.1 Å². The maximum Gasteiger partial charge on any atom is 0.455 e. The number of hydrogen-bond acceptors (Lipinski definition) is 5. The molecule has 2 fully saturated rings. The number of hydrogen-bond donors (Lipinski definition) is 2. The van der Waals surface area contributed by atoms with Gasteiger partial charge in [-0.15, -0.1) is 0 Å². The Morgan fingerprint density at radius 2 is 2.07 bits per heavy atom. The first-order valence-corrected chi connectivity index (χ1v) is 11.6. The van der Waals surface area contributed by atoms with Gasteiger partial charge in [-0.3, -0.25) is 4.79 Å². The van der Waals surface area contributed by atoms with Crippen LogP contribution in [0.5, 0.6) is 0 Å². The minimum atomic E-state index is -1.17. The number of likely N-dealkylation sites (tertiary alicyclic amines) is 1. The first-order chi connectivity index (χ1) is 14.1. The molecule has 9 heteroatoms. The van der Waals surface area contributed by atoms with Gasteiger partial charge >= 0.3 is 7.12 Å². The summed E-state index contributed by atoms with van der Waals surface area (Å²) in [6, 6.07) is 0. The molecule has 3 atom stereocenters. The SMILES string of the molecule is CC(C)(C)c1nn2cc(Br)cnc2c1CN1CC(CCCC2CC2B(O)O)CC1=O. The summed E-state index contributed by atoms with van der Waals surface area (Å²) in [6.45, 7) is 7.72. The van der Waals surface area contributed by atoms with Crippen molar-refractivity contribution in [2.75, 3.05) is 6.54 Å². The van der Waals surface area contributed by atoms with Gasteiger partial charge in [-0.2, -0.15) is 5.10 Å². The number of fused-ring (bicyclic) bond motifs is 1. The molecule has 1 amide bonds. The van der Waals surface area contributed by atoms with Gasteiger partial charge in [0.2, 0.25) is 5.91 Å². The maximum absolute atomic E-state index is 12.7. The van der Waals surface area contributed by atoms with Crippen LogP contribution in [0.25, 0.3) is 5.65 Å². The third kappa shape index (κ3) is 4.58. The highest BCUT2D eigenvalue weighted by molar-refractivity contribution is 9.10. The van der Waals surface area contributed by atoms with E-state index in [0.717, 1.165) is 53.6 Å². The van der Waals surface area contributed by atoms with Crippen molar-refractivity contribution in [3.63, 3.8) is 0 Å². The quantitative estimate of drug-likeness (QED) is 0.599. The molecule has 0 bridgehead atoms. The van der Waals surface area contributed by atoms with E-state index in [1.54, 1.807) is 10.7 Å². The molecule has 2 aliphatic rings. The van der Waals surface area contributed by atoms with Gasteiger partial charge in [-0.05, 0) is 46.4 Å². The summed E-state index contributed by atoms with van der Waals surface area (Å²) in [5, 5.41) is 23.2. The minimum absolute atomic E-state index is 0.0608. The van der Waals surface area contributed by atoms with E-state index in [2.05, 4.69) is 41.7 Å². The van der Waals surface area contributed by atoms with Crippen LogP contribution in [-0.4, -0.2) is 49.1 Å². The van der Waals surface area contributed by atoms with Crippen LogP contribution in [0.4, 0.5) is 0 Å². The van der Waals surface area contributed by atoms with Crippen LogP contribution < -0.4 is 0 Å². The van der Waals surface area contributed by atoms with E-state index in [0.29, 0.717) is 24.8 Å². The largest absolute Gasteiger partial charge is 0.455 e. The average molecular weight is 477 g/mol. The Hall–Kier alpha value is -1.45. The molecular weight excluding hydrogens is 447 g/mol. The summed E-state index contributed by atoms with van der Waals surface area (Å²) in [5.41, 5.74) is 2.67. The van der Waals surface area contributed by atoms with Crippen LogP contribution in [-0.2, 0) is 16.8 Å². The Balaban J connectivity index is 1.42. The lowest BCUT2D eigenvalue weighted by Gasteiger charge is -2.21. The molecule has 0 aromatic carbocycles. The standard InChI is InChI=1S/C21H30BBrN4O3/c1-21(2,3)19-16(20-24-9-15(23)11-27(20)25-19)12-26-10-13(7-18(26)28)5-4-6-14-8-17(14)22(29)30/h9,11,13-14,17,29-30H,4-8,10,12H2,1-3H3. The van der Waals surface area contributed by atoms with Crippen LogP contribution in [0, 0.1) is 11.8 Å². The number of nitrogens with zero attached hydrogens (tertiary/aromatic N) is 4. The highest BCUT2D eigenvalue weighted by atomic mass is 79.9. The van der Waals surface area contributed by atoms with Crippen molar-refractivity contribution in [2.45, 2.75) is 70.7 Å². The van der Waals surface area contributed by atoms with Gasteiger partial charge in [0.25, 0.3) is 0 Å². The number of halogens is 1. The first kappa shape index (κ1) is 21.8. The van der Waals surface area contributed by atoms with Gasteiger partial charge in [0.1, 0.15) is 0 Å². The molecule has 0 radical (unpaired) electrons. The summed E-state index contributed by atoms with van der Waals surface area (Å²) in [5.74, 6) is 1.07. The number of amides is 1. The molecule has 4 rings (SSSR count). The van der Waals surface area contributed by atoms with Crippen LogP contribution in [0.1, 0.15) is 64.1 Å². The van der Waals surface area contributed by atoms with Crippen LogP contribution in [0.3, 0.4) is 0 Å². The normalized spacial score (nSPS) is 24.1. The Morgan fingerprint density at radius 3 is 2.73 bits per heavy atom. The zero-order chi connectivity index (χ0) is 21.6. The predicted molar refractivity (Wildman–Crippen MR) is 119 cm³/mol. The molecule has 1 aliphatic heterocycles. The molecular formula is C21H30BBrN4O3. The highest BCUT2D eigenvalue weighted by Crippen LogP contribution is 2.49. The highest BCUT2D eigenvalue weighted by Gasteiger charge is 2.44. The summed E-state index contributed by atoms with van der Waals surface area (Å²) in [4.78, 5) is 19.2. The number of rotatable bonds is 7. The van der Waals surface area contributed by atoms with E-state index < -0.39 is 7.12 Å². The van der Waals surface area contributed by atoms with E-state index in [4.69, 9.17) is 5.10 Å². The van der Waals surface area contributed by atoms with E-state index in [-0.39, 0.29) is 17.1 Å². The fourth-order valence-corrected chi connectivity index (χ4v) is 5.03. The van der Waals surface area contributed by atoms with Gasteiger partial charge in [0.15, 0.2) is 5.65 Å². The maximum atomic E-state index is 12.7. The van der Waals surface area contributed by atoms with Crippen LogP contribution in [0.2, 0.25) is 5.82 Å². The summed E-state index contributed by atoms with van der Waals surface area (Å²) in [6.07, 6.45) is 8.27. The molecule has 2 aromatic heterocycles. The zero-order valence-electron chi connectivity index (χ0n) is 17.9. The molecule has 162 valence electrons. The monoisotopic (exact) mass is 476 g/mol. The smallest absolute Gasteiger partial charge is 0.427 e. The van der Waals surface area contributed by atoms with E-state index >= 15 is 0 Å². The first-order valence-electron chi connectivity index (χ1n) is 10.8. The van der Waals surface area contributed by atoms with Gasteiger partial charge < -0.3 is 14.9 Å². The Bertz CT molecular complexity index is 942. The minimum Gasteiger partial charge on any atom is -0.427 e. The average Bonchev–Trinajstić information content (AvgIpc) is 3.22. The second kappa shape index (κ2) is 8.24. The van der Waals surface area contributed by atoms with Crippen molar-refractivity contribution in [1.82, 2.24) is 19.5 Å². The molecule has 3 heterocycles. The van der Waals surface area contributed by atoms with E-state index in [1.165, 1.54) is 0 Å². The summed E-state index contributed by atoms with van der Waals surface area (Å²) in [7, 11) is -1.17. The summed E-state index contributed by atoms with van der Waals surface area (Å²) >= 11 is 3.46. The van der Waals surface area contributed by atoms with Crippen molar-refractivity contribution in [2.24, 2.45) is 11.8 Å². The Morgan fingerprint density at radius 1 is 1.30 bits per heavy atom.